The highest BCUT2D eigenvalue weighted by atomic mass is 31.2. The molecule has 2 fully saturated rings. The number of alkyl halides is 3. The fourth-order valence-corrected chi connectivity index (χ4v) is 8.38. The normalized spacial score (nSPS) is 19.7. The number of aryl methyl sites for hydroxylation is 1. The molecule has 0 amide bonds. The number of rotatable bonds is 10. The summed E-state index contributed by atoms with van der Waals surface area (Å²) in [6.45, 7) is 7.03. The molecule has 0 saturated heterocycles. The van der Waals surface area contributed by atoms with Crippen molar-refractivity contribution in [3.05, 3.63) is 76.9 Å². The average molecular weight is 661 g/mol. The second kappa shape index (κ2) is 14.0. The van der Waals surface area contributed by atoms with Crippen LogP contribution >= 0.6 is 7.82 Å². The molecule has 2 unspecified atom stereocenters. The van der Waals surface area contributed by atoms with Crippen LogP contribution < -0.4 is 4.74 Å². The molecule has 0 aliphatic heterocycles. The van der Waals surface area contributed by atoms with E-state index in [-0.39, 0.29) is 29.8 Å². The third-order valence-electron chi connectivity index (χ3n) is 9.80. The molecule has 5 rings (SSSR count). The lowest BCUT2D eigenvalue weighted by Gasteiger charge is -2.43. The van der Waals surface area contributed by atoms with Crippen LogP contribution in [0.1, 0.15) is 120 Å². The molecule has 5 nitrogen and oxygen atoms in total. The molecule has 3 aromatic rings. The molecule has 1 N–H and O–H groups in total. The monoisotopic (exact) mass is 660 g/mol. The Balaban J connectivity index is 1.26. The van der Waals surface area contributed by atoms with E-state index in [2.05, 4.69) is 6.92 Å². The molecule has 2 atom stereocenters. The van der Waals surface area contributed by atoms with E-state index in [9.17, 15) is 22.6 Å². The average Bonchev–Trinajstić information content (AvgIpc) is 2.99. The number of hydrogen-bond donors (Lipinski definition) is 1. The van der Waals surface area contributed by atoms with E-state index in [1.807, 2.05) is 30.3 Å². The van der Waals surface area contributed by atoms with Crippen molar-refractivity contribution in [2.75, 3.05) is 0 Å². The van der Waals surface area contributed by atoms with Crippen LogP contribution in [-0.4, -0.2) is 16.6 Å². The highest BCUT2D eigenvalue weighted by Crippen LogP contribution is 2.50. The van der Waals surface area contributed by atoms with Gasteiger partial charge in [0.15, 0.2) is 0 Å². The van der Waals surface area contributed by atoms with Gasteiger partial charge in [-0.1, -0.05) is 74.7 Å². The lowest BCUT2D eigenvalue weighted by Crippen LogP contribution is -2.34. The number of hydrogen-bond acceptors (Lipinski definition) is 4. The van der Waals surface area contributed by atoms with Gasteiger partial charge in [0.1, 0.15) is 11.3 Å². The van der Waals surface area contributed by atoms with Gasteiger partial charge in [0.2, 0.25) is 0 Å². The first-order valence-corrected chi connectivity index (χ1v) is 18.2. The zero-order valence-corrected chi connectivity index (χ0v) is 28.4. The molecule has 0 radical (unpaired) electrons. The van der Waals surface area contributed by atoms with Gasteiger partial charge in [0.05, 0.1) is 18.3 Å². The van der Waals surface area contributed by atoms with Crippen molar-refractivity contribution in [3.63, 3.8) is 0 Å². The molecule has 252 valence electrons. The van der Waals surface area contributed by atoms with E-state index in [4.69, 9.17) is 13.8 Å². The molecule has 0 bridgehead atoms. The first-order valence-electron chi connectivity index (χ1n) is 16.7. The zero-order chi connectivity index (χ0) is 33.2. The molecular formula is C37H48F3O5P. The predicted octanol–water partition coefficient (Wildman–Crippen LogP) is 11.3. The summed E-state index contributed by atoms with van der Waals surface area (Å²) in [7, 11) is -4.24. The molecule has 3 aromatic carbocycles. The van der Waals surface area contributed by atoms with Crippen molar-refractivity contribution in [1.82, 2.24) is 0 Å². The molecule has 46 heavy (non-hydrogen) atoms. The first-order chi connectivity index (χ1) is 21.6. The van der Waals surface area contributed by atoms with E-state index >= 15 is 0 Å². The zero-order valence-electron chi connectivity index (χ0n) is 27.5. The summed E-state index contributed by atoms with van der Waals surface area (Å²) < 4.78 is 72.5. The molecule has 0 heterocycles. The summed E-state index contributed by atoms with van der Waals surface area (Å²) in [5, 5.41) is 0.703. The minimum atomic E-state index is -4.54. The largest absolute Gasteiger partial charge is 0.490 e. The summed E-state index contributed by atoms with van der Waals surface area (Å²) >= 11 is 0. The van der Waals surface area contributed by atoms with Crippen molar-refractivity contribution in [2.45, 2.75) is 129 Å². The molecule has 9 heteroatoms. The Kier molecular flexibility index (Phi) is 10.6. The quantitative estimate of drug-likeness (QED) is 0.219. The molecule has 2 aliphatic carbocycles. The summed E-state index contributed by atoms with van der Waals surface area (Å²) in [5.41, 5.74) is 1.57. The van der Waals surface area contributed by atoms with Crippen LogP contribution in [0, 0.1) is 5.41 Å². The summed E-state index contributed by atoms with van der Waals surface area (Å²) in [5.74, 6) is -0.00399. The summed E-state index contributed by atoms with van der Waals surface area (Å²) in [4.78, 5) is 10.1. The highest BCUT2D eigenvalue weighted by Gasteiger charge is 2.40. The Morgan fingerprint density at radius 3 is 2.26 bits per heavy atom. The molecule has 2 aliphatic rings. The predicted molar refractivity (Wildman–Crippen MR) is 176 cm³/mol. The number of halogens is 3. The smallest absolute Gasteiger partial charge is 0.473 e. The highest BCUT2D eigenvalue weighted by molar-refractivity contribution is 7.47. The third-order valence-corrected chi connectivity index (χ3v) is 11.0. The first kappa shape index (κ1) is 34.9. The van der Waals surface area contributed by atoms with Crippen LogP contribution in [0.25, 0.3) is 10.8 Å². The Hall–Kier alpha value is -2.38. The second-order valence-electron chi connectivity index (χ2n) is 14.4. The number of benzene rings is 3. The Morgan fingerprint density at radius 2 is 1.61 bits per heavy atom. The number of fused-ring (bicyclic) bond motifs is 1. The lowest BCUT2D eigenvalue weighted by atomic mass is 9.65. The standard InChI is InChI=1S/C37H48F3O5P/c1-26(12-13-27-10-6-7-11-30(27)25-43-46(41,42)45-35(2,3)4)28-14-16-32-29(24-28)15-17-33(34(32)37(38,39)40)44-31-18-22-36(23-19-31)20-8-5-9-21-36/h6-7,10-11,14-17,24,26,31H,5,8-9,12-13,18-23,25H2,1-4H3,(H,41,42). The number of phosphoric ester groups is 1. The van der Waals surface area contributed by atoms with E-state index in [1.165, 1.54) is 38.2 Å². The van der Waals surface area contributed by atoms with Crippen LogP contribution in [0.2, 0.25) is 0 Å². The van der Waals surface area contributed by atoms with Gasteiger partial charge in [0.25, 0.3) is 0 Å². The van der Waals surface area contributed by atoms with Crippen LogP contribution in [0.3, 0.4) is 0 Å². The number of phosphoric acid groups is 1. The van der Waals surface area contributed by atoms with E-state index in [0.29, 0.717) is 17.2 Å². The molecule has 1 spiro atoms. The van der Waals surface area contributed by atoms with E-state index in [1.54, 1.807) is 39.0 Å². The fraction of sp³-hybridized carbons (Fsp3) is 0.568. The van der Waals surface area contributed by atoms with Gasteiger partial charge in [-0.15, -0.1) is 0 Å². The minimum Gasteiger partial charge on any atom is -0.490 e. The second-order valence-corrected chi connectivity index (χ2v) is 15.8. The van der Waals surface area contributed by atoms with Crippen molar-refractivity contribution >= 4 is 18.6 Å². The molecule has 0 aromatic heterocycles. The Labute approximate surface area is 271 Å². The summed E-state index contributed by atoms with van der Waals surface area (Å²) in [6.07, 6.45) is 6.68. The van der Waals surface area contributed by atoms with Crippen molar-refractivity contribution in [2.24, 2.45) is 5.41 Å². The van der Waals surface area contributed by atoms with Gasteiger partial charge in [-0.05, 0) is 117 Å². The topological polar surface area (TPSA) is 65.0 Å². The molecular weight excluding hydrogens is 612 g/mol. The van der Waals surface area contributed by atoms with Gasteiger partial charge in [0, 0.05) is 0 Å². The van der Waals surface area contributed by atoms with Crippen molar-refractivity contribution < 1.29 is 36.4 Å². The lowest BCUT2D eigenvalue weighted by molar-refractivity contribution is -0.138. The minimum absolute atomic E-state index is 0.0612. The van der Waals surface area contributed by atoms with E-state index in [0.717, 1.165) is 48.8 Å². The maximum atomic E-state index is 14.5. The van der Waals surface area contributed by atoms with Crippen molar-refractivity contribution in [3.8, 4) is 5.75 Å². The van der Waals surface area contributed by atoms with E-state index < -0.39 is 25.2 Å². The van der Waals surface area contributed by atoms with Crippen LogP contribution in [0.5, 0.6) is 5.75 Å². The number of ether oxygens (including phenoxy) is 1. The van der Waals surface area contributed by atoms with Gasteiger partial charge in [-0.25, -0.2) is 4.57 Å². The third kappa shape index (κ3) is 8.94. The maximum Gasteiger partial charge on any atom is 0.473 e. The SMILES string of the molecule is CC(CCc1ccccc1COP(=O)(O)OC(C)(C)C)c1ccc2c(C(F)(F)F)c(OC3CCC4(CCCCC4)CC3)ccc2c1. The van der Waals surface area contributed by atoms with Crippen LogP contribution in [0.15, 0.2) is 54.6 Å². The van der Waals surface area contributed by atoms with Gasteiger partial charge in [-0.3, -0.25) is 9.05 Å². The van der Waals surface area contributed by atoms with Gasteiger partial charge >= 0.3 is 14.0 Å². The van der Waals surface area contributed by atoms with Gasteiger partial charge < -0.3 is 9.63 Å². The Morgan fingerprint density at radius 1 is 0.935 bits per heavy atom. The van der Waals surface area contributed by atoms with Crippen LogP contribution in [-0.2, 0) is 32.8 Å². The fourth-order valence-electron chi connectivity index (χ4n) is 7.33. The Bertz CT molecular complexity index is 1530. The van der Waals surface area contributed by atoms with Crippen molar-refractivity contribution in [1.29, 1.82) is 0 Å². The maximum absolute atomic E-state index is 14.5. The van der Waals surface area contributed by atoms with Gasteiger partial charge in [-0.2, -0.15) is 13.2 Å². The molecule has 2 saturated carbocycles. The van der Waals surface area contributed by atoms with Crippen LogP contribution in [0.4, 0.5) is 13.2 Å². The summed E-state index contributed by atoms with van der Waals surface area (Å²) in [6, 6.07) is 16.1.